The van der Waals surface area contributed by atoms with E-state index >= 15 is 0 Å². The van der Waals surface area contributed by atoms with Crippen molar-refractivity contribution in [1.29, 1.82) is 0 Å². The number of aliphatic hydroxyl groups is 1. The molecule has 4 heteroatoms. The van der Waals surface area contributed by atoms with E-state index in [1.54, 1.807) is 7.11 Å². The van der Waals surface area contributed by atoms with E-state index < -0.39 is 0 Å². The predicted octanol–water partition coefficient (Wildman–Crippen LogP) is -0.324. The number of rotatable bonds is 4. The van der Waals surface area contributed by atoms with Gasteiger partial charge in [-0.15, -0.1) is 0 Å². The van der Waals surface area contributed by atoms with Gasteiger partial charge in [-0.25, -0.2) is 0 Å². The average Bonchev–Trinajstić information content (AvgIpc) is 2.01. The highest BCUT2D eigenvalue weighted by atomic mass is 16.5. The number of ether oxygens (including phenoxy) is 1. The first-order chi connectivity index (χ1) is 6.61. The van der Waals surface area contributed by atoms with Crippen LogP contribution in [0.5, 0.6) is 0 Å². The van der Waals surface area contributed by atoms with Crippen molar-refractivity contribution >= 4 is 0 Å². The number of piperazine rings is 1. The van der Waals surface area contributed by atoms with Crippen LogP contribution in [0.3, 0.4) is 0 Å². The van der Waals surface area contributed by atoms with Crippen LogP contribution in [0.1, 0.15) is 13.8 Å². The maximum Gasteiger partial charge on any atom is 0.0900 e. The van der Waals surface area contributed by atoms with Crippen LogP contribution >= 0.6 is 0 Å². The summed E-state index contributed by atoms with van der Waals surface area (Å²) in [5.74, 6) is 0. The number of hydrogen-bond donors (Lipinski definition) is 2. The minimum absolute atomic E-state index is 0.363. The summed E-state index contributed by atoms with van der Waals surface area (Å²) < 4.78 is 4.91. The molecule has 1 heterocycles. The van der Waals surface area contributed by atoms with E-state index in [9.17, 15) is 5.11 Å². The summed E-state index contributed by atoms with van der Waals surface area (Å²) in [5.41, 5.74) is 0. The van der Waals surface area contributed by atoms with Gasteiger partial charge < -0.3 is 15.2 Å². The third kappa shape index (κ3) is 3.92. The summed E-state index contributed by atoms with van der Waals surface area (Å²) in [4.78, 5) is 2.29. The molecule has 0 amide bonds. The maximum absolute atomic E-state index is 9.59. The van der Waals surface area contributed by atoms with Gasteiger partial charge in [0, 0.05) is 38.8 Å². The molecule has 1 aliphatic heterocycles. The van der Waals surface area contributed by atoms with E-state index in [-0.39, 0.29) is 6.10 Å². The molecule has 2 N–H and O–H groups in total. The molecule has 0 aliphatic carbocycles. The Bertz CT molecular complexity index is 156. The Morgan fingerprint density at radius 2 is 2.00 bits per heavy atom. The molecule has 0 radical (unpaired) electrons. The Hall–Kier alpha value is -0.160. The molecule has 0 bridgehead atoms. The third-order valence-corrected chi connectivity index (χ3v) is 2.46. The van der Waals surface area contributed by atoms with Gasteiger partial charge in [-0.3, -0.25) is 4.90 Å². The highest BCUT2D eigenvalue weighted by Gasteiger charge is 2.22. The van der Waals surface area contributed by atoms with Gasteiger partial charge in [-0.05, 0) is 13.8 Å². The lowest BCUT2D eigenvalue weighted by Gasteiger charge is -2.36. The Morgan fingerprint density at radius 1 is 1.43 bits per heavy atom. The van der Waals surface area contributed by atoms with Gasteiger partial charge >= 0.3 is 0 Å². The summed E-state index contributed by atoms with van der Waals surface area (Å²) in [6, 6.07) is 1.02. The molecule has 4 nitrogen and oxygen atoms in total. The Labute approximate surface area is 86.2 Å². The van der Waals surface area contributed by atoms with Crippen LogP contribution in [0.2, 0.25) is 0 Å². The molecular weight excluding hydrogens is 180 g/mol. The molecule has 1 aliphatic rings. The van der Waals surface area contributed by atoms with Crippen LogP contribution in [0.4, 0.5) is 0 Å². The molecule has 0 saturated carbocycles. The Balaban J connectivity index is 2.29. The lowest BCUT2D eigenvalue weighted by molar-refractivity contribution is 0.0274. The fourth-order valence-corrected chi connectivity index (χ4v) is 2.13. The molecule has 0 spiro atoms. The fourth-order valence-electron chi connectivity index (χ4n) is 2.13. The smallest absolute Gasteiger partial charge is 0.0900 e. The molecule has 3 unspecified atom stereocenters. The molecule has 1 saturated heterocycles. The number of aliphatic hydroxyl groups excluding tert-OH is 1. The highest BCUT2D eigenvalue weighted by Crippen LogP contribution is 2.04. The standard InChI is InChI=1S/C10H22N2O2/c1-8-4-12(5-9(2)11-8)6-10(13)7-14-3/h8-11,13H,4-7H2,1-3H3. The van der Waals surface area contributed by atoms with Crippen molar-refractivity contribution in [2.75, 3.05) is 33.4 Å². The molecule has 0 aromatic heterocycles. The Morgan fingerprint density at radius 3 is 2.50 bits per heavy atom. The molecule has 84 valence electrons. The SMILES string of the molecule is COCC(O)CN1CC(C)NC(C)C1. The zero-order valence-corrected chi connectivity index (χ0v) is 9.36. The second kappa shape index (κ2) is 5.66. The van der Waals surface area contributed by atoms with Gasteiger partial charge in [0.1, 0.15) is 0 Å². The van der Waals surface area contributed by atoms with Gasteiger partial charge in [0.25, 0.3) is 0 Å². The second-order valence-electron chi connectivity index (χ2n) is 4.30. The number of methoxy groups -OCH3 is 1. The van der Waals surface area contributed by atoms with Crippen LogP contribution < -0.4 is 5.32 Å². The number of hydrogen-bond acceptors (Lipinski definition) is 4. The van der Waals surface area contributed by atoms with Gasteiger partial charge in [0.2, 0.25) is 0 Å². The van der Waals surface area contributed by atoms with Gasteiger partial charge in [0.05, 0.1) is 12.7 Å². The third-order valence-electron chi connectivity index (χ3n) is 2.46. The largest absolute Gasteiger partial charge is 0.389 e. The van der Waals surface area contributed by atoms with Gasteiger partial charge in [-0.2, -0.15) is 0 Å². The van der Waals surface area contributed by atoms with Crippen LogP contribution in [0.15, 0.2) is 0 Å². The molecule has 1 fully saturated rings. The van der Waals surface area contributed by atoms with E-state index in [1.165, 1.54) is 0 Å². The first kappa shape index (κ1) is 11.9. The van der Waals surface area contributed by atoms with Crippen LogP contribution in [0.25, 0.3) is 0 Å². The summed E-state index contributed by atoms with van der Waals surface area (Å²) in [6.07, 6.45) is -0.363. The van der Waals surface area contributed by atoms with E-state index in [2.05, 4.69) is 24.1 Å². The second-order valence-corrected chi connectivity index (χ2v) is 4.30. The zero-order chi connectivity index (χ0) is 10.6. The van der Waals surface area contributed by atoms with Crippen LogP contribution in [-0.2, 0) is 4.74 Å². The van der Waals surface area contributed by atoms with Crippen molar-refractivity contribution in [1.82, 2.24) is 10.2 Å². The highest BCUT2D eigenvalue weighted by molar-refractivity contribution is 4.81. The lowest BCUT2D eigenvalue weighted by atomic mass is 10.1. The Kier molecular flexibility index (Phi) is 4.81. The van der Waals surface area contributed by atoms with Gasteiger partial charge in [-0.1, -0.05) is 0 Å². The summed E-state index contributed by atoms with van der Waals surface area (Å²) in [5, 5.41) is 13.0. The van der Waals surface area contributed by atoms with Crippen molar-refractivity contribution in [3.8, 4) is 0 Å². The van der Waals surface area contributed by atoms with Gasteiger partial charge in [0.15, 0.2) is 0 Å². The van der Waals surface area contributed by atoms with Crippen molar-refractivity contribution in [3.63, 3.8) is 0 Å². The number of nitrogens with zero attached hydrogens (tertiary/aromatic N) is 1. The fraction of sp³-hybridized carbons (Fsp3) is 1.00. The number of β-amino-alcohol motifs (C(OH)–C–C–N with tert-alkyl or cyclic N) is 1. The summed E-state index contributed by atoms with van der Waals surface area (Å²) in [7, 11) is 1.62. The van der Waals surface area contributed by atoms with Crippen LogP contribution in [-0.4, -0.2) is 61.5 Å². The quantitative estimate of drug-likeness (QED) is 0.655. The normalized spacial score (nSPS) is 31.7. The minimum Gasteiger partial charge on any atom is -0.389 e. The summed E-state index contributed by atoms with van der Waals surface area (Å²) in [6.45, 7) is 7.49. The molecule has 0 aromatic rings. The average molecular weight is 202 g/mol. The summed E-state index contributed by atoms with van der Waals surface area (Å²) >= 11 is 0. The number of nitrogens with one attached hydrogen (secondary N) is 1. The van der Waals surface area contributed by atoms with Crippen molar-refractivity contribution < 1.29 is 9.84 Å². The topological polar surface area (TPSA) is 44.7 Å². The molecule has 14 heavy (non-hydrogen) atoms. The van der Waals surface area contributed by atoms with Crippen molar-refractivity contribution in [2.45, 2.75) is 32.0 Å². The zero-order valence-electron chi connectivity index (χ0n) is 9.36. The monoisotopic (exact) mass is 202 g/mol. The van der Waals surface area contributed by atoms with E-state index in [0.29, 0.717) is 25.2 Å². The maximum atomic E-state index is 9.59. The first-order valence-corrected chi connectivity index (χ1v) is 5.27. The van der Waals surface area contributed by atoms with Crippen molar-refractivity contribution in [3.05, 3.63) is 0 Å². The minimum atomic E-state index is -0.363. The first-order valence-electron chi connectivity index (χ1n) is 5.27. The van der Waals surface area contributed by atoms with E-state index in [0.717, 1.165) is 13.1 Å². The molecule has 0 aromatic carbocycles. The molecule has 3 atom stereocenters. The predicted molar refractivity (Wildman–Crippen MR) is 56.4 cm³/mol. The van der Waals surface area contributed by atoms with E-state index in [1.807, 2.05) is 0 Å². The van der Waals surface area contributed by atoms with Crippen LogP contribution in [0, 0.1) is 0 Å². The van der Waals surface area contributed by atoms with Crippen molar-refractivity contribution in [2.24, 2.45) is 0 Å². The van der Waals surface area contributed by atoms with E-state index in [4.69, 9.17) is 4.74 Å². The molecule has 1 rings (SSSR count). The lowest BCUT2D eigenvalue weighted by Crippen LogP contribution is -2.55. The molecular formula is C10H22N2O2.